The van der Waals surface area contributed by atoms with E-state index in [4.69, 9.17) is 20.3 Å². The van der Waals surface area contributed by atoms with E-state index in [1.807, 2.05) is 22.9 Å². The van der Waals surface area contributed by atoms with E-state index in [0.29, 0.717) is 62.0 Å². The molecule has 2 aliphatic rings. The smallest absolute Gasteiger partial charge is 0.407 e. The van der Waals surface area contributed by atoms with Crippen molar-refractivity contribution in [2.45, 2.75) is 110 Å². The fraction of sp³-hybridized carbons (Fsp3) is 0.519. The van der Waals surface area contributed by atoms with Crippen LogP contribution in [0.4, 0.5) is 50.5 Å². The van der Waals surface area contributed by atoms with Crippen LogP contribution in [0.3, 0.4) is 0 Å². The lowest BCUT2D eigenvalue weighted by atomic mass is 9.82. The molecule has 2 aromatic carbocycles. The van der Waals surface area contributed by atoms with Gasteiger partial charge in [-0.1, -0.05) is 30.9 Å². The van der Waals surface area contributed by atoms with Gasteiger partial charge >= 0.3 is 24.5 Å². The number of pyridine rings is 1. The number of alkyl halides is 6. The van der Waals surface area contributed by atoms with Crippen LogP contribution in [0.15, 0.2) is 54.7 Å². The minimum Gasteiger partial charge on any atom is -0.453 e. The van der Waals surface area contributed by atoms with Crippen LogP contribution in [0, 0.1) is 45.1 Å². The Morgan fingerprint density at radius 2 is 1.38 bits per heavy atom. The summed E-state index contributed by atoms with van der Waals surface area (Å²) in [5.74, 6) is -0.505. The van der Waals surface area contributed by atoms with Crippen molar-refractivity contribution in [3.05, 3.63) is 94.2 Å². The molecule has 2 fully saturated rings. The first-order valence-electron chi connectivity index (χ1n) is 24.7. The molecule has 79 heavy (non-hydrogen) atoms. The van der Waals surface area contributed by atoms with Gasteiger partial charge < -0.3 is 44.9 Å². The lowest BCUT2D eigenvalue weighted by Gasteiger charge is -2.46. The number of nitrogens with one attached hydrogen (secondary N) is 6. The number of aromatic nitrogens is 1. The second-order valence-corrected chi connectivity index (χ2v) is 20.0. The van der Waals surface area contributed by atoms with Crippen LogP contribution < -0.4 is 26.3 Å². The lowest BCUT2D eigenvalue weighted by Crippen LogP contribution is -2.63. The SMILES string of the molecule is CCC(=N)OC(=N)c1cc(F)c(CN(C[C@H](O)[C@H](Cc2ccc(C#Cc3ccc(N4CCN(C5COC5)C[C@H]4C)nc3)cc2)NC(=O)C(NC(=O)OC)C(C)(C)C(F)(F)F)NC(=O)[C@@H](NC(=O)OC)C(C)(C)C(F)(F)F)c(F)c1. The summed E-state index contributed by atoms with van der Waals surface area (Å²) in [5.41, 5.74) is -4.19. The third-order valence-electron chi connectivity index (χ3n) is 13.7. The van der Waals surface area contributed by atoms with Crippen LogP contribution in [0.25, 0.3) is 0 Å². The fourth-order valence-electron chi connectivity index (χ4n) is 8.28. The molecule has 0 aliphatic carbocycles. The number of alkyl carbamates (subject to hydrolysis) is 2. The van der Waals surface area contributed by atoms with Crippen LogP contribution in [-0.4, -0.2) is 158 Å². The molecule has 0 spiro atoms. The number of hydrogen-bond acceptors (Lipinski definition) is 15. The summed E-state index contributed by atoms with van der Waals surface area (Å²) in [6.45, 7) is 7.67. The molecule has 3 heterocycles. The highest BCUT2D eigenvalue weighted by molar-refractivity contribution is 5.99. The fourth-order valence-corrected chi connectivity index (χ4v) is 8.28. The Hall–Kier alpha value is -7.15. The van der Waals surface area contributed by atoms with E-state index < -0.39 is 125 Å². The van der Waals surface area contributed by atoms with Crippen LogP contribution in [0.2, 0.25) is 0 Å². The van der Waals surface area contributed by atoms with E-state index in [1.165, 1.54) is 19.1 Å². The molecule has 432 valence electrons. The van der Waals surface area contributed by atoms with Crippen LogP contribution in [0.1, 0.15) is 75.8 Å². The molecule has 2 aliphatic heterocycles. The maximum Gasteiger partial charge on any atom is 0.407 e. The third kappa shape index (κ3) is 16.0. The number of benzene rings is 2. The average Bonchev–Trinajstić information content (AvgIpc) is 3.37. The zero-order chi connectivity index (χ0) is 58.8. The Bertz CT molecular complexity index is 2710. The van der Waals surface area contributed by atoms with E-state index in [-0.39, 0.29) is 18.0 Å². The molecule has 3 aromatic rings. The van der Waals surface area contributed by atoms with Crippen molar-refractivity contribution in [2.24, 2.45) is 10.8 Å². The van der Waals surface area contributed by atoms with Crippen LogP contribution >= 0.6 is 0 Å². The largest absolute Gasteiger partial charge is 0.453 e. The van der Waals surface area contributed by atoms with Gasteiger partial charge in [0.2, 0.25) is 11.8 Å². The molecule has 5 rings (SSSR count). The Kier molecular flexibility index (Phi) is 20.8. The topological polar surface area (TPSA) is 244 Å². The maximum atomic E-state index is 15.9. The summed E-state index contributed by atoms with van der Waals surface area (Å²) in [5, 5.41) is 34.3. The van der Waals surface area contributed by atoms with Gasteiger partial charge in [-0.2, -0.15) is 26.3 Å². The Balaban J connectivity index is 1.50. The third-order valence-corrected chi connectivity index (χ3v) is 13.7. The van der Waals surface area contributed by atoms with E-state index in [2.05, 4.69) is 48.3 Å². The number of halogens is 8. The quantitative estimate of drug-likeness (QED) is 0.0242. The summed E-state index contributed by atoms with van der Waals surface area (Å²) in [7, 11) is 1.62. The van der Waals surface area contributed by atoms with Crippen molar-refractivity contribution in [3.63, 3.8) is 0 Å². The Labute approximate surface area is 451 Å². The zero-order valence-electron chi connectivity index (χ0n) is 44.5. The molecule has 0 bridgehead atoms. The van der Waals surface area contributed by atoms with E-state index in [0.717, 1.165) is 52.9 Å². The molecular formula is C52H64F8N10O9. The standard InChI is InChI=1S/C52H64F8N10O9/c1-9-40(61)79-44(62)33-21-36(53)35(37(54)22-33)25-69(67-46(73)43(66-48(75)77-8)50(5,6)52(58,59)60)26-39(71)38(64-45(72)42(65-47(74)76-7)49(3,4)51(55,56)57)20-31-13-10-30(11-14-31)12-15-32-16-17-41(63-23-32)70-19-18-68(24-29(70)2)34-27-78-28-34/h10-11,13-14,16-17,21-23,29,34,38-39,42-43,61-62,71H,9,18-20,24-28H2,1-8H3,(H,64,72)(H,65,74)(H,66,75)(H,67,73)/t29-,38+,39+,42?,43-/m1/s1. The lowest BCUT2D eigenvalue weighted by molar-refractivity contribution is -0.221. The predicted molar refractivity (Wildman–Crippen MR) is 270 cm³/mol. The van der Waals surface area contributed by atoms with Crippen LogP contribution in [-0.2, 0) is 41.5 Å². The van der Waals surface area contributed by atoms with Crippen molar-refractivity contribution in [3.8, 4) is 11.8 Å². The molecule has 0 radical (unpaired) electrons. The first kappa shape index (κ1) is 62.7. The number of carbonyl (C=O) groups is 4. The highest BCUT2D eigenvalue weighted by Gasteiger charge is 2.57. The van der Waals surface area contributed by atoms with E-state index in [9.17, 15) is 50.6 Å². The van der Waals surface area contributed by atoms with Gasteiger partial charge in [0.25, 0.3) is 5.91 Å². The summed E-state index contributed by atoms with van der Waals surface area (Å²) in [6.07, 6.45) is -14.3. The summed E-state index contributed by atoms with van der Waals surface area (Å²) < 4.78 is 138. The normalized spacial score (nSPS) is 16.9. The Morgan fingerprint density at radius 1 is 0.835 bits per heavy atom. The van der Waals surface area contributed by atoms with Gasteiger partial charge in [0, 0.05) is 73.6 Å². The van der Waals surface area contributed by atoms with E-state index >= 15 is 8.78 Å². The van der Waals surface area contributed by atoms with Crippen molar-refractivity contribution >= 4 is 41.6 Å². The average molecular weight is 1130 g/mol. The number of hydrogen-bond donors (Lipinski definition) is 7. The molecule has 1 aromatic heterocycles. The van der Waals surface area contributed by atoms with Crippen molar-refractivity contribution < 1.29 is 78.4 Å². The zero-order valence-corrected chi connectivity index (χ0v) is 44.5. The van der Waals surface area contributed by atoms with Gasteiger partial charge in [0.15, 0.2) is 5.90 Å². The first-order chi connectivity index (χ1) is 36.9. The first-order valence-corrected chi connectivity index (χ1v) is 24.7. The van der Waals surface area contributed by atoms with Gasteiger partial charge in [0.1, 0.15) is 29.5 Å². The van der Waals surface area contributed by atoms with Crippen molar-refractivity contribution in [1.29, 1.82) is 10.8 Å². The number of nitrogens with zero attached hydrogens (tertiary/aromatic N) is 4. The molecule has 27 heteroatoms. The Morgan fingerprint density at radius 3 is 1.86 bits per heavy atom. The predicted octanol–water partition coefficient (Wildman–Crippen LogP) is 5.95. The molecule has 2 saturated heterocycles. The number of rotatable bonds is 19. The number of ether oxygens (including phenoxy) is 4. The number of anilines is 1. The number of piperazine rings is 1. The van der Waals surface area contributed by atoms with Gasteiger partial charge in [-0.05, 0) is 83.0 Å². The summed E-state index contributed by atoms with van der Waals surface area (Å²) in [4.78, 5) is 62.1. The molecule has 5 atom stereocenters. The monoisotopic (exact) mass is 1120 g/mol. The number of hydrazine groups is 1. The highest BCUT2D eigenvalue weighted by atomic mass is 19.4. The maximum absolute atomic E-state index is 15.9. The van der Waals surface area contributed by atoms with Gasteiger partial charge in [-0.15, -0.1) is 0 Å². The van der Waals surface area contributed by atoms with Crippen molar-refractivity contribution in [1.82, 2.24) is 36.3 Å². The molecule has 1 unspecified atom stereocenters. The van der Waals surface area contributed by atoms with Crippen molar-refractivity contribution in [2.75, 3.05) is 58.5 Å². The number of aliphatic hydroxyl groups excluding tert-OH is 1. The van der Waals surface area contributed by atoms with Crippen LogP contribution in [0.5, 0.6) is 0 Å². The van der Waals surface area contributed by atoms with E-state index in [1.54, 1.807) is 23.6 Å². The number of carbonyl (C=O) groups excluding carboxylic acids is 4. The minimum absolute atomic E-state index is 0.00696. The second kappa shape index (κ2) is 26.2. The van der Waals surface area contributed by atoms with Gasteiger partial charge in [0.05, 0.1) is 56.5 Å². The molecule has 4 amide bonds. The molecule has 19 nitrogen and oxygen atoms in total. The minimum atomic E-state index is -5.21. The number of aliphatic hydroxyl groups is 1. The van der Waals surface area contributed by atoms with Gasteiger partial charge in [-0.25, -0.2) is 28.4 Å². The summed E-state index contributed by atoms with van der Waals surface area (Å²) >= 11 is 0. The highest BCUT2D eigenvalue weighted by Crippen LogP contribution is 2.42. The summed E-state index contributed by atoms with van der Waals surface area (Å²) in [6, 6.07) is 4.88. The molecule has 7 N–H and O–H groups in total. The molecule has 0 saturated carbocycles. The molecular weight excluding hydrogens is 1060 g/mol. The number of amides is 4. The number of methoxy groups -OCH3 is 2. The second-order valence-electron chi connectivity index (χ2n) is 20.0. The van der Waals surface area contributed by atoms with Gasteiger partial charge in [-0.3, -0.25) is 30.7 Å².